The fourth-order valence-corrected chi connectivity index (χ4v) is 4.79. The normalized spacial score (nSPS) is 17.3. The Morgan fingerprint density at radius 3 is 2.78 bits per heavy atom. The summed E-state index contributed by atoms with van der Waals surface area (Å²) in [6, 6.07) is 15.3. The maximum absolute atomic E-state index is 12.5. The number of rotatable bonds is 10. The number of aromatic nitrogens is 1. The van der Waals surface area contributed by atoms with E-state index in [0.29, 0.717) is 50.1 Å². The van der Waals surface area contributed by atoms with Gasteiger partial charge in [-0.05, 0) is 54.7 Å². The molecule has 2 aromatic carbocycles. The van der Waals surface area contributed by atoms with Gasteiger partial charge in [0.1, 0.15) is 17.8 Å². The van der Waals surface area contributed by atoms with E-state index in [9.17, 15) is 9.59 Å². The zero-order chi connectivity index (χ0) is 26.4. The molecule has 8 heteroatoms. The van der Waals surface area contributed by atoms with Crippen LogP contribution in [0.1, 0.15) is 43.2 Å². The first kappa shape index (κ1) is 26.7. The molecule has 1 aliphatic rings. The molecule has 0 unspecified atom stereocenters. The third-order valence-corrected chi connectivity index (χ3v) is 6.73. The zero-order valence-electron chi connectivity index (χ0n) is 21.5. The molecule has 4 rings (SSSR count). The number of nitrogens with zero attached hydrogens (tertiary/aromatic N) is 2. The van der Waals surface area contributed by atoms with Gasteiger partial charge in [-0.15, -0.1) is 0 Å². The van der Waals surface area contributed by atoms with Crippen LogP contribution in [-0.2, 0) is 16.0 Å². The predicted octanol–water partition coefficient (Wildman–Crippen LogP) is 6.32. The second-order valence-electron chi connectivity index (χ2n) is 9.85. The SMILES string of the molecule is Cc1oc(-c2cccc(Cl)c2)nc1CCOc1cccc([C@@H]2CN(C(=O)OCC(C)C)C[C@@H]2CC=O)c1. The Hall–Kier alpha value is -3.32. The number of ether oxygens (including phenoxy) is 2. The zero-order valence-corrected chi connectivity index (χ0v) is 22.2. The molecule has 1 fully saturated rings. The lowest BCUT2D eigenvalue weighted by Crippen LogP contribution is -2.30. The molecule has 196 valence electrons. The van der Waals surface area contributed by atoms with Crippen molar-refractivity contribution < 1.29 is 23.5 Å². The van der Waals surface area contributed by atoms with Crippen LogP contribution in [-0.4, -0.2) is 48.6 Å². The number of amides is 1. The molecular weight excluding hydrogens is 492 g/mol. The van der Waals surface area contributed by atoms with Gasteiger partial charge in [0.25, 0.3) is 0 Å². The van der Waals surface area contributed by atoms with Gasteiger partial charge in [0, 0.05) is 42.4 Å². The minimum Gasteiger partial charge on any atom is -0.493 e. The smallest absolute Gasteiger partial charge is 0.409 e. The molecule has 37 heavy (non-hydrogen) atoms. The Morgan fingerprint density at radius 1 is 1.22 bits per heavy atom. The first-order chi connectivity index (χ1) is 17.8. The monoisotopic (exact) mass is 524 g/mol. The lowest BCUT2D eigenvalue weighted by Gasteiger charge is -2.18. The first-order valence-corrected chi connectivity index (χ1v) is 13.0. The summed E-state index contributed by atoms with van der Waals surface area (Å²) in [5, 5.41) is 0.631. The van der Waals surface area contributed by atoms with Crippen molar-refractivity contribution in [3.8, 4) is 17.2 Å². The Morgan fingerprint density at radius 2 is 2.03 bits per heavy atom. The van der Waals surface area contributed by atoms with Crippen molar-refractivity contribution in [3.63, 3.8) is 0 Å². The molecule has 0 spiro atoms. The van der Waals surface area contributed by atoms with Crippen LogP contribution in [0.2, 0.25) is 5.02 Å². The number of carbonyl (C=O) groups excluding carboxylic acids is 2. The largest absolute Gasteiger partial charge is 0.493 e. The fraction of sp³-hybridized carbons (Fsp3) is 0.414. The van der Waals surface area contributed by atoms with E-state index in [2.05, 4.69) is 4.98 Å². The maximum atomic E-state index is 12.5. The van der Waals surface area contributed by atoms with Gasteiger partial charge in [0.2, 0.25) is 5.89 Å². The van der Waals surface area contributed by atoms with Crippen LogP contribution in [0.15, 0.2) is 52.9 Å². The highest BCUT2D eigenvalue weighted by Gasteiger charge is 2.36. The van der Waals surface area contributed by atoms with Gasteiger partial charge in [-0.3, -0.25) is 0 Å². The van der Waals surface area contributed by atoms with E-state index in [4.69, 9.17) is 25.5 Å². The molecule has 0 bridgehead atoms. The highest BCUT2D eigenvalue weighted by molar-refractivity contribution is 6.30. The second-order valence-corrected chi connectivity index (χ2v) is 10.3. The fourth-order valence-electron chi connectivity index (χ4n) is 4.60. The highest BCUT2D eigenvalue weighted by Crippen LogP contribution is 2.36. The summed E-state index contributed by atoms with van der Waals surface area (Å²) in [7, 11) is 0. The number of aldehydes is 1. The summed E-state index contributed by atoms with van der Waals surface area (Å²) in [5.74, 6) is 2.38. The Labute approximate surface area is 222 Å². The van der Waals surface area contributed by atoms with Crippen LogP contribution in [0.4, 0.5) is 4.79 Å². The number of hydrogen-bond acceptors (Lipinski definition) is 6. The van der Waals surface area contributed by atoms with E-state index in [1.54, 1.807) is 4.90 Å². The van der Waals surface area contributed by atoms with E-state index in [0.717, 1.165) is 34.6 Å². The van der Waals surface area contributed by atoms with Crippen molar-refractivity contribution in [2.45, 2.75) is 39.5 Å². The van der Waals surface area contributed by atoms with Crippen LogP contribution < -0.4 is 4.74 Å². The standard InChI is InChI=1S/C29H33ClN2O5/c1-19(2)18-36-29(34)32-16-23(10-12-33)26(17-32)21-6-5-9-25(15-21)35-13-11-27-20(3)37-28(31-27)22-7-4-8-24(30)14-22/h4-9,12,14-15,19,23,26H,10-11,13,16-18H2,1-3H3/t23-,26-/m0/s1. The molecule has 1 aliphatic heterocycles. The van der Waals surface area contributed by atoms with E-state index in [1.807, 2.05) is 69.3 Å². The van der Waals surface area contributed by atoms with Gasteiger partial charge in [0.15, 0.2) is 0 Å². The van der Waals surface area contributed by atoms with Gasteiger partial charge in [0.05, 0.1) is 18.9 Å². The molecule has 1 aromatic heterocycles. The maximum Gasteiger partial charge on any atom is 0.409 e. The third-order valence-electron chi connectivity index (χ3n) is 6.50. The van der Waals surface area contributed by atoms with Crippen molar-refractivity contribution in [1.29, 1.82) is 0 Å². The molecule has 0 radical (unpaired) electrons. The van der Waals surface area contributed by atoms with Crippen molar-refractivity contribution >= 4 is 24.0 Å². The third kappa shape index (κ3) is 6.92. The number of oxazole rings is 1. The molecule has 0 N–H and O–H groups in total. The minimum absolute atomic E-state index is 0.0402. The number of benzene rings is 2. The van der Waals surface area contributed by atoms with E-state index < -0.39 is 0 Å². The molecule has 1 amide bonds. The molecule has 0 saturated carbocycles. The molecular formula is C29H33ClN2O5. The molecule has 2 atom stereocenters. The lowest BCUT2D eigenvalue weighted by atomic mass is 9.87. The van der Waals surface area contributed by atoms with E-state index >= 15 is 0 Å². The minimum atomic E-state index is -0.320. The summed E-state index contributed by atoms with van der Waals surface area (Å²) in [4.78, 5) is 30.2. The Kier molecular flexibility index (Phi) is 8.87. The molecule has 1 saturated heterocycles. The second kappa shape index (κ2) is 12.3. The highest BCUT2D eigenvalue weighted by atomic mass is 35.5. The van der Waals surface area contributed by atoms with Gasteiger partial charge in [-0.25, -0.2) is 9.78 Å². The Balaban J connectivity index is 1.38. The van der Waals surface area contributed by atoms with Crippen LogP contribution >= 0.6 is 11.6 Å². The summed E-state index contributed by atoms with van der Waals surface area (Å²) in [5.41, 5.74) is 2.71. The van der Waals surface area contributed by atoms with Gasteiger partial charge in [-0.1, -0.05) is 43.6 Å². The predicted molar refractivity (Wildman–Crippen MR) is 142 cm³/mol. The van der Waals surface area contributed by atoms with Crippen molar-refractivity contribution in [2.24, 2.45) is 11.8 Å². The average molecular weight is 525 g/mol. The Bertz CT molecular complexity index is 1220. The molecule has 3 aromatic rings. The number of carbonyl (C=O) groups is 2. The lowest BCUT2D eigenvalue weighted by molar-refractivity contribution is -0.108. The van der Waals surface area contributed by atoms with E-state index in [-0.39, 0.29) is 23.8 Å². The van der Waals surface area contributed by atoms with Crippen LogP contribution in [0.3, 0.4) is 0 Å². The molecule has 0 aliphatic carbocycles. The van der Waals surface area contributed by atoms with Crippen LogP contribution in [0.5, 0.6) is 5.75 Å². The molecule has 2 heterocycles. The number of hydrogen-bond donors (Lipinski definition) is 0. The summed E-state index contributed by atoms with van der Waals surface area (Å²) >= 11 is 6.10. The average Bonchev–Trinajstić information content (AvgIpc) is 3.47. The van der Waals surface area contributed by atoms with Crippen molar-refractivity contribution in [2.75, 3.05) is 26.3 Å². The van der Waals surface area contributed by atoms with Crippen molar-refractivity contribution in [1.82, 2.24) is 9.88 Å². The van der Waals surface area contributed by atoms with Crippen LogP contribution in [0.25, 0.3) is 11.5 Å². The van der Waals surface area contributed by atoms with Gasteiger partial charge < -0.3 is 23.6 Å². The number of likely N-dealkylation sites (tertiary alicyclic amines) is 1. The van der Waals surface area contributed by atoms with Crippen molar-refractivity contribution in [3.05, 3.63) is 70.6 Å². The quantitative estimate of drug-likeness (QED) is 0.288. The topological polar surface area (TPSA) is 81.9 Å². The summed E-state index contributed by atoms with van der Waals surface area (Å²) in [6.07, 6.45) is 1.59. The summed E-state index contributed by atoms with van der Waals surface area (Å²) < 4.78 is 17.3. The van der Waals surface area contributed by atoms with Gasteiger partial charge in [-0.2, -0.15) is 0 Å². The summed E-state index contributed by atoms with van der Waals surface area (Å²) in [6.45, 7) is 7.73. The van der Waals surface area contributed by atoms with E-state index in [1.165, 1.54) is 0 Å². The first-order valence-electron chi connectivity index (χ1n) is 12.6. The van der Waals surface area contributed by atoms with Gasteiger partial charge >= 0.3 is 6.09 Å². The van der Waals surface area contributed by atoms with Crippen LogP contribution in [0, 0.1) is 18.8 Å². The number of aryl methyl sites for hydroxylation is 1. The number of halogens is 1. The molecule has 7 nitrogen and oxygen atoms in total.